The number of likely N-dealkylation sites (N-methyl/N-ethyl adjacent to an activating group) is 2. The Morgan fingerprint density at radius 1 is 0.886 bits per heavy atom. The summed E-state index contributed by atoms with van der Waals surface area (Å²) in [6, 6.07) is 14.4. The van der Waals surface area contributed by atoms with Crippen LogP contribution >= 0.6 is 0 Å². The third kappa shape index (κ3) is 5.50. The molecule has 0 aromatic heterocycles. The zero-order valence-corrected chi connectivity index (χ0v) is 21.4. The number of amides is 2. The van der Waals surface area contributed by atoms with Crippen molar-refractivity contribution in [2.24, 2.45) is 11.8 Å². The molecule has 7 nitrogen and oxygen atoms in total. The van der Waals surface area contributed by atoms with Crippen LogP contribution < -0.4 is 0 Å². The molecule has 0 aliphatic heterocycles. The number of rotatable bonds is 9. The minimum Gasteiger partial charge on any atom is -0.480 e. The van der Waals surface area contributed by atoms with Gasteiger partial charge in [0.2, 0.25) is 5.91 Å². The van der Waals surface area contributed by atoms with Gasteiger partial charge in [-0.05, 0) is 40.5 Å². The Morgan fingerprint density at radius 3 is 1.86 bits per heavy atom. The fourth-order valence-electron chi connectivity index (χ4n) is 4.94. The highest BCUT2D eigenvalue weighted by molar-refractivity contribution is 5.89. The van der Waals surface area contributed by atoms with E-state index in [1.54, 1.807) is 0 Å². The third-order valence-corrected chi connectivity index (χ3v) is 6.72. The number of carbonyl (C=O) groups is 3. The number of carbonyl (C=O) groups excluding carboxylic acids is 2. The van der Waals surface area contributed by atoms with Gasteiger partial charge in [0.05, 0.1) is 0 Å². The Hall–Kier alpha value is -3.35. The van der Waals surface area contributed by atoms with Crippen molar-refractivity contribution in [3.63, 3.8) is 0 Å². The maximum absolute atomic E-state index is 13.4. The predicted molar refractivity (Wildman–Crippen MR) is 135 cm³/mol. The van der Waals surface area contributed by atoms with Crippen molar-refractivity contribution in [2.45, 2.75) is 52.1 Å². The van der Waals surface area contributed by atoms with Gasteiger partial charge in [-0.15, -0.1) is 0 Å². The Bertz CT molecular complexity index is 1040. The first-order valence-corrected chi connectivity index (χ1v) is 12.1. The highest BCUT2D eigenvalue weighted by Gasteiger charge is 2.38. The topological polar surface area (TPSA) is 87.2 Å². The van der Waals surface area contributed by atoms with Gasteiger partial charge in [-0.25, -0.2) is 9.59 Å². The summed E-state index contributed by atoms with van der Waals surface area (Å²) in [7, 11) is 3.03. The van der Waals surface area contributed by atoms with Crippen LogP contribution in [0.3, 0.4) is 0 Å². The van der Waals surface area contributed by atoms with Crippen LogP contribution in [0.25, 0.3) is 11.1 Å². The molecule has 2 atom stereocenters. The predicted octanol–water partition coefficient (Wildman–Crippen LogP) is 4.85. The second-order valence-corrected chi connectivity index (χ2v) is 10.0. The van der Waals surface area contributed by atoms with Crippen molar-refractivity contribution >= 4 is 18.0 Å². The molecule has 0 saturated carbocycles. The Labute approximate surface area is 207 Å². The molecule has 188 valence electrons. The van der Waals surface area contributed by atoms with Gasteiger partial charge in [0.15, 0.2) is 0 Å². The van der Waals surface area contributed by atoms with E-state index < -0.39 is 30.1 Å². The number of carboxylic acids is 1. The Kier molecular flexibility index (Phi) is 8.20. The van der Waals surface area contributed by atoms with Gasteiger partial charge in [0, 0.05) is 20.0 Å². The SMILES string of the molecule is CC(C)C[C@@H](C(=O)O)N(C)C(=O)[C@H](C(C)C)N(C)C(=O)OCC1c2ccccc2-c2ccccc21. The number of nitrogens with zero attached hydrogens (tertiary/aromatic N) is 2. The van der Waals surface area contributed by atoms with Crippen molar-refractivity contribution in [1.29, 1.82) is 0 Å². The lowest BCUT2D eigenvalue weighted by atomic mass is 9.98. The molecule has 35 heavy (non-hydrogen) atoms. The number of ether oxygens (including phenoxy) is 1. The lowest BCUT2D eigenvalue weighted by Crippen LogP contribution is -2.55. The first kappa shape index (κ1) is 26.3. The second kappa shape index (κ2) is 10.9. The summed E-state index contributed by atoms with van der Waals surface area (Å²) in [4.78, 5) is 40.8. The fraction of sp³-hybridized carbons (Fsp3) is 0.464. The minimum atomic E-state index is -1.05. The highest BCUT2D eigenvalue weighted by Crippen LogP contribution is 2.44. The molecule has 0 fully saturated rings. The average molecular weight is 481 g/mol. The largest absolute Gasteiger partial charge is 0.480 e. The quantitative estimate of drug-likeness (QED) is 0.554. The van der Waals surface area contributed by atoms with E-state index in [1.807, 2.05) is 64.1 Å². The van der Waals surface area contributed by atoms with E-state index in [0.29, 0.717) is 6.42 Å². The molecular weight excluding hydrogens is 444 g/mol. The summed E-state index contributed by atoms with van der Waals surface area (Å²) in [6.45, 7) is 7.65. The first-order valence-electron chi connectivity index (χ1n) is 12.1. The standard InChI is InChI=1S/C28H36N2O5/c1-17(2)15-24(27(32)33)29(5)26(31)25(18(3)4)30(6)28(34)35-16-23-21-13-9-7-11-19(21)20-12-8-10-14-22(20)23/h7-14,17-18,23-25H,15-16H2,1-6H3,(H,32,33)/t24-,25-/m0/s1. The Morgan fingerprint density at radius 2 is 1.40 bits per heavy atom. The molecule has 2 amide bonds. The number of hydrogen-bond acceptors (Lipinski definition) is 4. The van der Waals surface area contributed by atoms with Crippen LogP contribution in [0, 0.1) is 11.8 Å². The van der Waals surface area contributed by atoms with Crippen molar-refractivity contribution in [1.82, 2.24) is 9.80 Å². The van der Waals surface area contributed by atoms with E-state index in [2.05, 4.69) is 12.1 Å². The van der Waals surface area contributed by atoms with Gasteiger partial charge in [-0.3, -0.25) is 9.69 Å². The highest BCUT2D eigenvalue weighted by atomic mass is 16.6. The van der Waals surface area contributed by atoms with E-state index in [9.17, 15) is 19.5 Å². The maximum Gasteiger partial charge on any atom is 0.410 e. The zero-order valence-electron chi connectivity index (χ0n) is 21.4. The number of benzene rings is 2. The summed E-state index contributed by atoms with van der Waals surface area (Å²) in [5, 5.41) is 9.68. The van der Waals surface area contributed by atoms with Crippen molar-refractivity contribution in [2.75, 3.05) is 20.7 Å². The molecule has 7 heteroatoms. The number of carboxylic acid groups (broad SMARTS) is 1. The molecule has 2 aromatic rings. The normalized spacial score (nSPS) is 14.3. The average Bonchev–Trinajstić information content (AvgIpc) is 3.13. The summed E-state index contributed by atoms with van der Waals surface area (Å²) in [6.07, 6.45) is -0.278. The summed E-state index contributed by atoms with van der Waals surface area (Å²) >= 11 is 0. The summed E-state index contributed by atoms with van der Waals surface area (Å²) in [5.41, 5.74) is 4.50. The van der Waals surface area contributed by atoms with Crippen LogP contribution in [-0.4, -0.2) is 65.7 Å². The first-order chi connectivity index (χ1) is 16.5. The number of hydrogen-bond donors (Lipinski definition) is 1. The van der Waals surface area contributed by atoms with Crippen LogP contribution in [0.2, 0.25) is 0 Å². The van der Waals surface area contributed by atoms with Gasteiger partial charge < -0.3 is 14.7 Å². The van der Waals surface area contributed by atoms with Gasteiger partial charge in [0.25, 0.3) is 0 Å². The maximum atomic E-state index is 13.4. The van der Waals surface area contributed by atoms with E-state index in [4.69, 9.17) is 4.74 Å². The third-order valence-electron chi connectivity index (χ3n) is 6.72. The van der Waals surface area contributed by atoms with Gasteiger partial charge in [-0.2, -0.15) is 0 Å². The van der Waals surface area contributed by atoms with Gasteiger partial charge >= 0.3 is 12.1 Å². The molecule has 0 radical (unpaired) electrons. The smallest absolute Gasteiger partial charge is 0.410 e. The molecule has 2 aromatic carbocycles. The number of fused-ring (bicyclic) bond motifs is 3. The van der Waals surface area contributed by atoms with Crippen molar-refractivity contribution in [3.8, 4) is 11.1 Å². The van der Waals surface area contributed by atoms with E-state index in [1.165, 1.54) is 23.9 Å². The number of aliphatic carboxylic acids is 1. The minimum absolute atomic E-state index is 0.0851. The van der Waals surface area contributed by atoms with Crippen molar-refractivity contribution < 1.29 is 24.2 Å². The van der Waals surface area contributed by atoms with Gasteiger partial charge in [0.1, 0.15) is 18.7 Å². The lowest BCUT2D eigenvalue weighted by molar-refractivity contribution is -0.152. The van der Waals surface area contributed by atoms with E-state index >= 15 is 0 Å². The van der Waals surface area contributed by atoms with Crippen LogP contribution in [0.5, 0.6) is 0 Å². The monoisotopic (exact) mass is 480 g/mol. The molecule has 1 aliphatic rings. The van der Waals surface area contributed by atoms with E-state index in [0.717, 1.165) is 22.3 Å². The fourth-order valence-corrected chi connectivity index (χ4v) is 4.94. The molecule has 0 unspecified atom stereocenters. The van der Waals surface area contributed by atoms with Crippen LogP contribution in [0.4, 0.5) is 4.79 Å². The lowest BCUT2D eigenvalue weighted by Gasteiger charge is -2.35. The van der Waals surface area contributed by atoms with E-state index in [-0.39, 0.29) is 24.4 Å². The summed E-state index contributed by atoms with van der Waals surface area (Å²) in [5.74, 6) is -1.68. The Balaban J connectivity index is 1.75. The molecule has 1 N–H and O–H groups in total. The molecule has 1 aliphatic carbocycles. The van der Waals surface area contributed by atoms with Crippen LogP contribution in [0.1, 0.15) is 51.2 Å². The molecule has 3 rings (SSSR count). The van der Waals surface area contributed by atoms with Gasteiger partial charge in [-0.1, -0.05) is 76.2 Å². The zero-order chi connectivity index (χ0) is 25.9. The molecular formula is C28H36N2O5. The van der Waals surface area contributed by atoms with Crippen molar-refractivity contribution in [3.05, 3.63) is 59.7 Å². The molecule has 0 bridgehead atoms. The van der Waals surface area contributed by atoms with Crippen LogP contribution in [0.15, 0.2) is 48.5 Å². The molecule has 0 saturated heterocycles. The molecule has 0 spiro atoms. The second-order valence-electron chi connectivity index (χ2n) is 10.0. The summed E-state index contributed by atoms with van der Waals surface area (Å²) < 4.78 is 5.73. The van der Waals surface area contributed by atoms with Crippen LogP contribution in [-0.2, 0) is 14.3 Å². The molecule has 0 heterocycles.